The first-order valence-electron chi connectivity index (χ1n) is 12.2. The topological polar surface area (TPSA) is 46.5 Å². The second-order valence-corrected chi connectivity index (χ2v) is 10.3. The number of halogens is 3. The predicted molar refractivity (Wildman–Crippen MR) is 135 cm³/mol. The minimum absolute atomic E-state index is 0.0375. The largest absolute Gasteiger partial charge is 0.486 e. The fraction of sp³-hybridized carbons (Fsp3) is 0.367. The number of hydrogen-bond acceptors (Lipinski definition) is 2. The van der Waals surface area contributed by atoms with Gasteiger partial charge in [0.05, 0.1) is 0 Å². The Morgan fingerprint density at radius 1 is 0.917 bits per heavy atom. The van der Waals surface area contributed by atoms with Crippen LogP contribution in [0.3, 0.4) is 0 Å². The summed E-state index contributed by atoms with van der Waals surface area (Å²) in [7, 11) is 0. The molecule has 0 amide bonds. The van der Waals surface area contributed by atoms with Crippen molar-refractivity contribution in [3.8, 4) is 16.9 Å². The summed E-state index contributed by atoms with van der Waals surface area (Å²) in [6, 6.07) is 13.4. The average molecular weight is 499 g/mol. The fourth-order valence-electron chi connectivity index (χ4n) is 3.68. The van der Waals surface area contributed by atoms with Gasteiger partial charge < -0.3 is 9.84 Å². The second kappa shape index (κ2) is 12.1. The molecule has 0 aliphatic heterocycles. The van der Waals surface area contributed by atoms with Gasteiger partial charge in [-0.05, 0) is 64.8 Å². The molecule has 0 bridgehead atoms. The van der Waals surface area contributed by atoms with Gasteiger partial charge in [0.1, 0.15) is 18.2 Å². The highest BCUT2D eigenvalue weighted by Crippen LogP contribution is 2.33. The third kappa shape index (κ3) is 8.43. The summed E-state index contributed by atoms with van der Waals surface area (Å²) < 4.78 is 48.7. The Bertz CT molecular complexity index is 1190. The molecular formula is C30H33F3O3. The van der Waals surface area contributed by atoms with Crippen molar-refractivity contribution in [1.29, 1.82) is 0 Å². The first-order chi connectivity index (χ1) is 17.0. The van der Waals surface area contributed by atoms with Crippen molar-refractivity contribution in [2.24, 2.45) is 5.41 Å². The van der Waals surface area contributed by atoms with E-state index in [2.05, 4.69) is 20.8 Å². The molecule has 1 saturated carbocycles. The molecule has 36 heavy (non-hydrogen) atoms. The molecule has 0 spiro atoms. The summed E-state index contributed by atoms with van der Waals surface area (Å²) in [6.07, 6.45) is 5.02. The van der Waals surface area contributed by atoms with Crippen LogP contribution in [-0.2, 0) is 24.2 Å². The van der Waals surface area contributed by atoms with Gasteiger partial charge in [-0.2, -0.15) is 0 Å². The molecule has 0 unspecified atom stereocenters. The van der Waals surface area contributed by atoms with E-state index in [0.717, 1.165) is 23.3 Å². The molecule has 0 heterocycles. The van der Waals surface area contributed by atoms with Crippen LogP contribution >= 0.6 is 0 Å². The van der Waals surface area contributed by atoms with Crippen LogP contribution in [0.5, 0.6) is 5.75 Å². The summed E-state index contributed by atoms with van der Waals surface area (Å²) in [5, 5.41) is 8.83. The Morgan fingerprint density at radius 3 is 2.28 bits per heavy atom. The first-order valence-corrected chi connectivity index (χ1v) is 12.2. The molecule has 3 aromatic carbocycles. The SMILES string of the molecule is C1CC1.CC(C)(C)Cc1cc(COc2cccc(CCC(=O)O)c2F)ccc1-c1cc(F)ccc1F. The third-order valence-electron chi connectivity index (χ3n) is 5.51. The van der Waals surface area contributed by atoms with Crippen LogP contribution in [0, 0.1) is 22.9 Å². The number of ether oxygens (including phenoxy) is 1. The number of hydrogen-bond donors (Lipinski definition) is 1. The summed E-state index contributed by atoms with van der Waals surface area (Å²) in [5.41, 5.74) is 2.56. The Morgan fingerprint density at radius 2 is 1.64 bits per heavy atom. The predicted octanol–water partition coefficient (Wildman–Crippen LogP) is 8.13. The van der Waals surface area contributed by atoms with Crippen molar-refractivity contribution in [1.82, 2.24) is 0 Å². The number of benzene rings is 3. The van der Waals surface area contributed by atoms with E-state index in [1.807, 2.05) is 6.07 Å². The lowest BCUT2D eigenvalue weighted by atomic mass is 9.84. The molecule has 192 valence electrons. The van der Waals surface area contributed by atoms with E-state index >= 15 is 0 Å². The highest BCUT2D eigenvalue weighted by molar-refractivity contribution is 5.69. The molecular weight excluding hydrogens is 465 g/mol. The molecule has 1 fully saturated rings. The van der Waals surface area contributed by atoms with Gasteiger partial charge in [-0.1, -0.05) is 70.4 Å². The van der Waals surface area contributed by atoms with Crippen LogP contribution in [0.4, 0.5) is 13.2 Å². The fourth-order valence-corrected chi connectivity index (χ4v) is 3.68. The molecule has 6 heteroatoms. The molecule has 0 saturated heterocycles. The number of rotatable bonds is 8. The molecule has 0 radical (unpaired) electrons. The van der Waals surface area contributed by atoms with Crippen molar-refractivity contribution >= 4 is 5.97 Å². The van der Waals surface area contributed by atoms with Crippen molar-refractivity contribution in [2.45, 2.75) is 65.9 Å². The van der Waals surface area contributed by atoms with E-state index in [-0.39, 0.29) is 41.7 Å². The minimum atomic E-state index is -0.998. The van der Waals surface area contributed by atoms with E-state index in [0.29, 0.717) is 12.0 Å². The van der Waals surface area contributed by atoms with Crippen LogP contribution in [0.25, 0.3) is 11.1 Å². The average Bonchev–Trinajstić information content (AvgIpc) is 3.68. The normalized spacial score (nSPS) is 12.5. The van der Waals surface area contributed by atoms with Crippen LogP contribution in [0.2, 0.25) is 0 Å². The molecule has 1 aliphatic rings. The third-order valence-corrected chi connectivity index (χ3v) is 5.51. The molecule has 0 atom stereocenters. The number of carboxylic acids is 1. The van der Waals surface area contributed by atoms with Crippen LogP contribution in [0.15, 0.2) is 54.6 Å². The van der Waals surface area contributed by atoms with Gasteiger partial charge >= 0.3 is 5.97 Å². The van der Waals surface area contributed by atoms with Crippen LogP contribution in [0.1, 0.15) is 63.1 Å². The van der Waals surface area contributed by atoms with Gasteiger partial charge in [0.15, 0.2) is 11.6 Å². The Balaban J connectivity index is 0.00000112. The smallest absolute Gasteiger partial charge is 0.303 e. The van der Waals surface area contributed by atoms with Gasteiger partial charge in [0, 0.05) is 12.0 Å². The Hall–Kier alpha value is -3.28. The zero-order chi connectivity index (χ0) is 26.3. The lowest BCUT2D eigenvalue weighted by Crippen LogP contribution is -2.11. The lowest BCUT2D eigenvalue weighted by Gasteiger charge is -2.22. The van der Waals surface area contributed by atoms with Crippen molar-refractivity contribution in [2.75, 3.05) is 0 Å². The van der Waals surface area contributed by atoms with E-state index in [1.54, 1.807) is 18.2 Å². The quantitative estimate of drug-likeness (QED) is 0.341. The zero-order valence-electron chi connectivity index (χ0n) is 21.0. The number of aryl methyl sites for hydroxylation is 1. The van der Waals surface area contributed by atoms with Crippen LogP contribution in [-0.4, -0.2) is 11.1 Å². The highest BCUT2D eigenvalue weighted by Gasteiger charge is 2.18. The zero-order valence-corrected chi connectivity index (χ0v) is 21.0. The molecule has 0 aromatic heterocycles. The lowest BCUT2D eigenvalue weighted by molar-refractivity contribution is -0.136. The van der Waals surface area contributed by atoms with Gasteiger partial charge in [-0.25, -0.2) is 13.2 Å². The standard InChI is InChI=1S/C27H27F3O3.C3H6/c1-27(2,3)15-19-13-17(7-10-21(19)22-14-20(28)9-11-23(22)29)16-33-24-6-4-5-18(26(24)30)8-12-25(31)32;1-2-3-1/h4-7,9-11,13-14H,8,12,15-16H2,1-3H3,(H,31,32);1-3H2. The van der Waals surface area contributed by atoms with E-state index in [1.165, 1.54) is 37.5 Å². The molecule has 4 rings (SSSR count). The summed E-state index contributed by atoms with van der Waals surface area (Å²) >= 11 is 0. The van der Waals surface area contributed by atoms with Gasteiger partial charge in [-0.3, -0.25) is 4.79 Å². The summed E-state index contributed by atoms with van der Waals surface area (Å²) in [4.78, 5) is 10.8. The van der Waals surface area contributed by atoms with E-state index < -0.39 is 23.4 Å². The van der Waals surface area contributed by atoms with Crippen molar-refractivity contribution in [3.05, 3.63) is 88.7 Å². The maximum absolute atomic E-state index is 14.7. The van der Waals surface area contributed by atoms with E-state index in [4.69, 9.17) is 9.84 Å². The molecule has 1 aliphatic carbocycles. The summed E-state index contributed by atoms with van der Waals surface area (Å²) in [6.45, 7) is 6.24. The highest BCUT2D eigenvalue weighted by atomic mass is 19.1. The number of aliphatic carboxylic acids is 1. The van der Waals surface area contributed by atoms with Gasteiger partial charge in [-0.15, -0.1) is 0 Å². The second-order valence-electron chi connectivity index (χ2n) is 10.3. The van der Waals surface area contributed by atoms with Gasteiger partial charge in [0.2, 0.25) is 0 Å². The maximum atomic E-state index is 14.7. The van der Waals surface area contributed by atoms with Crippen molar-refractivity contribution < 1.29 is 27.8 Å². The molecule has 3 aromatic rings. The first kappa shape index (κ1) is 27.3. The maximum Gasteiger partial charge on any atom is 0.303 e. The van der Waals surface area contributed by atoms with Crippen LogP contribution < -0.4 is 4.74 Å². The molecule has 1 N–H and O–H groups in total. The summed E-state index contributed by atoms with van der Waals surface area (Å²) in [5.74, 6) is -2.56. The van der Waals surface area contributed by atoms with Gasteiger partial charge in [0.25, 0.3) is 0 Å². The monoisotopic (exact) mass is 498 g/mol. The number of carbonyl (C=O) groups is 1. The Labute approximate surface area is 210 Å². The van der Waals surface area contributed by atoms with E-state index in [9.17, 15) is 18.0 Å². The Kier molecular flexibility index (Phi) is 9.19. The molecule has 3 nitrogen and oxygen atoms in total. The number of carboxylic acid groups (broad SMARTS) is 1. The minimum Gasteiger partial charge on any atom is -0.486 e. The van der Waals surface area contributed by atoms with Crippen molar-refractivity contribution in [3.63, 3.8) is 0 Å².